The minimum atomic E-state index is -0.721. The Bertz CT molecular complexity index is 390. The fourth-order valence-corrected chi connectivity index (χ4v) is 0.995. The molecule has 0 aromatic heterocycles. The maximum atomic E-state index is 11.1. The Morgan fingerprint density at radius 2 is 1.93 bits per heavy atom. The summed E-state index contributed by atoms with van der Waals surface area (Å²) in [6, 6.07) is 1.22. The molecule has 1 rings (SSSR count). The van der Waals surface area contributed by atoms with E-state index < -0.39 is 11.7 Å². The van der Waals surface area contributed by atoms with E-state index >= 15 is 0 Å². The van der Waals surface area contributed by atoms with Crippen LogP contribution in [-0.2, 0) is 4.74 Å². The van der Waals surface area contributed by atoms with Gasteiger partial charge in [0.15, 0.2) is 0 Å². The van der Waals surface area contributed by atoms with Crippen LogP contribution in [0, 0.1) is 0 Å². The highest BCUT2D eigenvalue weighted by Crippen LogP contribution is 2.11. The molecule has 0 saturated heterocycles. The smallest absolute Gasteiger partial charge is 0.341 e. The van der Waals surface area contributed by atoms with Gasteiger partial charge in [0, 0.05) is 0 Å². The van der Waals surface area contributed by atoms with Crippen LogP contribution in [0.3, 0.4) is 0 Å². The number of aromatic hydroxyl groups is 1. The number of rotatable bonds is 1. The molecule has 64 valence electrons. The molecule has 0 unspecified atom stereocenters. The average molecular weight is 182 g/mol. The van der Waals surface area contributed by atoms with Crippen LogP contribution in [0.25, 0.3) is 0 Å². The van der Waals surface area contributed by atoms with Crippen molar-refractivity contribution in [3.63, 3.8) is 0 Å². The Labute approximate surface area is 85.7 Å². The predicted octanol–water partition coefficient (Wildman–Crippen LogP) is -2.44. The third-order valence-electron chi connectivity index (χ3n) is 1.82. The molecule has 0 spiro atoms. The van der Waals surface area contributed by atoms with Crippen molar-refractivity contribution in [2.75, 3.05) is 7.11 Å². The van der Waals surface area contributed by atoms with E-state index in [4.69, 9.17) is 23.5 Å². The lowest BCUT2D eigenvalue weighted by Gasteiger charge is -2.12. The van der Waals surface area contributed by atoms with Gasteiger partial charge in [-0.25, -0.2) is 4.79 Å². The molecule has 6 heteroatoms. The number of esters is 1. The Hall–Kier alpha value is -1.32. The molecule has 1 N–H and O–H groups in total. The van der Waals surface area contributed by atoms with Crippen molar-refractivity contribution < 1.29 is 14.6 Å². The minimum Gasteiger partial charge on any atom is -0.508 e. The normalized spacial score (nSPS) is 9.79. The second kappa shape index (κ2) is 3.82. The molecular formula is C8H5B3O3. The first-order chi connectivity index (χ1) is 6.49. The third-order valence-corrected chi connectivity index (χ3v) is 1.82. The Morgan fingerprint density at radius 1 is 1.36 bits per heavy atom. The molecule has 0 aliphatic rings. The monoisotopic (exact) mass is 182 g/mol. The van der Waals surface area contributed by atoms with E-state index in [2.05, 4.69) is 4.74 Å². The van der Waals surface area contributed by atoms with Gasteiger partial charge in [0.25, 0.3) is 0 Å². The van der Waals surface area contributed by atoms with E-state index in [0.717, 1.165) is 0 Å². The first kappa shape index (κ1) is 10.8. The summed E-state index contributed by atoms with van der Waals surface area (Å²) in [5.41, 5.74) is -0.0436. The summed E-state index contributed by atoms with van der Waals surface area (Å²) in [7, 11) is 17.5. The van der Waals surface area contributed by atoms with Crippen molar-refractivity contribution >= 4 is 45.9 Å². The van der Waals surface area contributed by atoms with Gasteiger partial charge in [-0.15, -0.1) is 10.9 Å². The zero-order chi connectivity index (χ0) is 10.9. The van der Waals surface area contributed by atoms with Gasteiger partial charge in [0.2, 0.25) is 0 Å². The molecule has 0 bridgehead atoms. The van der Waals surface area contributed by atoms with Crippen molar-refractivity contribution in [2.45, 2.75) is 0 Å². The van der Waals surface area contributed by atoms with Gasteiger partial charge in [-0.1, -0.05) is 11.5 Å². The molecule has 1 aromatic rings. The van der Waals surface area contributed by atoms with Crippen LogP contribution in [0.15, 0.2) is 6.07 Å². The van der Waals surface area contributed by atoms with Crippen LogP contribution < -0.4 is 16.4 Å². The molecule has 0 fully saturated rings. The lowest BCUT2D eigenvalue weighted by molar-refractivity contribution is 0.0598. The van der Waals surface area contributed by atoms with Gasteiger partial charge in [-0.2, -0.15) is 0 Å². The van der Waals surface area contributed by atoms with Crippen LogP contribution in [0.4, 0.5) is 0 Å². The van der Waals surface area contributed by atoms with Crippen LogP contribution in [0.5, 0.6) is 5.75 Å². The Morgan fingerprint density at radius 3 is 2.43 bits per heavy atom. The number of hydrogen-bond acceptors (Lipinski definition) is 3. The first-order valence-electron chi connectivity index (χ1n) is 3.73. The van der Waals surface area contributed by atoms with Crippen molar-refractivity contribution in [1.82, 2.24) is 0 Å². The number of phenolic OH excluding ortho intramolecular Hbond substituents is 1. The summed E-state index contributed by atoms with van der Waals surface area (Å²) < 4.78 is 4.42. The van der Waals surface area contributed by atoms with Gasteiger partial charge in [0.1, 0.15) is 34.9 Å². The molecule has 0 atom stereocenters. The highest BCUT2D eigenvalue weighted by Gasteiger charge is 2.15. The number of ether oxygens (including phenoxy) is 1. The SMILES string of the molecule is [B]c1cc(C(=O)OC)c(O)c([B])c1[B]. The number of carbonyl (C=O) groups excluding carboxylic acids is 1. The molecule has 1 aromatic carbocycles. The van der Waals surface area contributed by atoms with E-state index in [1.165, 1.54) is 13.2 Å². The molecule has 0 heterocycles. The zero-order valence-electron chi connectivity index (χ0n) is 7.57. The summed E-state index contributed by atoms with van der Waals surface area (Å²) in [6.07, 6.45) is 0. The van der Waals surface area contributed by atoms with E-state index in [0.29, 0.717) is 0 Å². The molecule has 6 radical (unpaired) electrons. The number of benzene rings is 1. The zero-order valence-corrected chi connectivity index (χ0v) is 7.57. The van der Waals surface area contributed by atoms with Crippen LogP contribution in [0.2, 0.25) is 0 Å². The third kappa shape index (κ3) is 1.64. The van der Waals surface area contributed by atoms with Gasteiger partial charge in [0.05, 0.1) is 7.11 Å². The molecule has 0 amide bonds. The maximum absolute atomic E-state index is 11.1. The number of methoxy groups -OCH3 is 1. The van der Waals surface area contributed by atoms with E-state index in [1.54, 1.807) is 0 Å². The Balaban J connectivity index is 3.40. The van der Waals surface area contributed by atoms with Gasteiger partial charge in [-0.3, -0.25) is 0 Å². The van der Waals surface area contributed by atoms with Crippen molar-refractivity contribution in [1.29, 1.82) is 0 Å². The summed E-state index contributed by atoms with van der Waals surface area (Å²) in [5.74, 6) is -1.13. The van der Waals surface area contributed by atoms with Crippen LogP contribution >= 0.6 is 0 Å². The van der Waals surface area contributed by atoms with E-state index in [9.17, 15) is 9.90 Å². The molecule has 14 heavy (non-hydrogen) atoms. The molecule has 3 nitrogen and oxygen atoms in total. The van der Waals surface area contributed by atoms with Crippen LogP contribution in [0.1, 0.15) is 10.4 Å². The quantitative estimate of drug-likeness (QED) is 0.387. The molecule has 0 aliphatic heterocycles. The molecule has 0 aliphatic carbocycles. The highest BCUT2D eigenvalue weighted by atomic mass is 16.5. The summed E-state index contributed by atoms with van der Waals surface area (Å²) in [4.78, 5) is 11.1. The van der Waals surface area contributed by atoms with E-state index in [1.807, 2.05) is 0 Å². The maximum Gasteiger partial charge on any atom is 0.341 e. The minimum absolute atomic E-state index is 0.0511. The average Bonchev–Trinajstić information content (AvgIpc) is 2.19. The topological polar surface area (TPSA) is 46.5 Å². The highest BCUT2D eigenvalue weighted by molar-refractivity contribution is 6.58. The molecular weight excluding hydrogens is 177 g/mol. The Kier molecular flexibility index (Phi) is 2.94. The summed E-state index contributed by atoms with van der Waals surface area (Å²) in [6.45, 7) is 0. The van der Waals surface area contributed by atoms with Gasteiger partial charge >= 0.3 is 5.97 Å². The number of carbonyl (C=O) groups is 1. The van der Waals surface area contributed by atoms with E-state index in [-0.39, 0.29) is 22.0 Å². The van der Waals surface area contributed by atoms with Crippen LogP contribution in [-0.4, -0.2) is 41.7 Å². The molecule has 0 saturated carbocycles. The van der Waals surface area contributed by atoms with Crippen molar-refractivity contribution in [3.05, 3.63) is 11.6 Å². The second-order valence-electron chi connectivity index (χ2n) is 2.68. The summed E-state index contributed by atoms with van der Waals surface area (Å²) in [5, 5.41) is 9.44. The number of hydrogen-bond donors (Lipinski definition) is 1. The van der Waals surface area contributed by atoms with Crippen molar-refractivity contribution in [2.24, 2.45) is 0 Å². The standard InChI is InChI=1S/C8H5B3O3/c1-14-8(13)3-2-4(9)5(10)6(11)7(3)12/h2,12H,1H3. The van der Waals surface area contributed by atoms with Gasteiger partial charge in [-0.05, 0) is 0 Å². The fourth-order valence-electron chi connectivity index (χ4n) is 0.995. The number of phenols is 1. The lowest BCUT2D eigenvalue weighted by Crippen LogP contribution is -2.40. The largest absolute Gasteiger partial charge is 0.508 e. The summed E-state index contributed by atoms with van der Waals surface area (Å²) >= 11 is 0. The lowest BCUT2D eigenvalue weighted by atomic mass is 9.71. The first-order valence-corrected chi connectivity index (χ1v) is 3.73. The second-order valence-corrected chi connectivity index (χ2v) is 2.68. The predicted molar refractivity (Wildman–Crippen MR) is 55.6 cm³/mol. The van der Waals surface area contributed by atoms with Crippen molar-refractivity contribution in [3.8, 4) is 5.75 Å². The fraction of sp³-hybridized carbons (Fsp3) is 0.125. The van der Waals surface area contributed by atoms with Gasteiger partial charge < -0.3 is 9.84 Å².